The van der Waals surface area contributed by atoms with Gasteiger partial charge in [-0.25, -0.2) is 0 Å². The average molecular weight is 423 g/mol. The summed E-state index contributed by atoms with van der Waals surface area (Å²) >= 11 is 1.75. The van der Waals surface area contributed by atoms with Crippen LogP contribution < -0.4 is 17.0 Å². The molecule has 3 nitrogen and oxygen atoms in total. The summed E-state index contributed by atoms with van der Waals surface area (Å²) in [4.78, 5) is 14.3. The molecule has 0 atom stereocenters. The standard InChI is InChI=1S/C24H23N2OS.ClH/c1-18-14-23(19(2)26(18)16-22-11-7-13-28-22)24(27)17-25-12-6-10-21(15-25)20-8-4-3-5-9-20;/h3-15H,16-17H2,1-2H3;1H/q+1;/p-1. The Balaban J connectivity index is 0.00000240. The van der Waals surface area contributed by atoms with Crippen LogP contribution in [0.3, 0.4) is 0 Å². The molecule has 0 saturated heterocycles. The third-order valence-electron chi connectivity index (χ3n) is 5.06. The Morgan fingerprint density at radius 2 is 1.76 bits per heavy atom. The number of pyridine rings is 1. The largest absolute Gasteiger partial charge is 1.00 e. The van der Waals surface area contributed by atoms with E-state index >= 15 is 0 Å². The van der Waals surface area contributed by atoms with Gasteiger partial charge in [-0.3, -0.25) is 4.79 Å². The number of carbonyl (C=O) groups is 1. The Kier molecular flexibility index (Phi) is 6.68. The Morgan fingerprint density at radius 1 is 1.00 bits per heavy atom. The van der Waals surface area contributed by atoms with Gasteiger partial charge in [-0.2, -0.15) is 4.57 Å². The second-order valence-corrected chi connectivity index (χ2v) is 8.04. The van der Waals surface area contributed by atoms with Crippen molar-refractivity contribution in [3.05, 3.63) is 100 Å². The zero-order valence-electron chi connectivity index (χ0n) is 16.5. The molecule has 148 valence electrons. The first-order valence-corrected chi connectivity index (χ1v) is 10.3. The SMILES string of the molecule is Cc1cc(C(=O)C[n+]2cccc(-c3ccccc3)c2)c(C)n1Cc1cccs1.[Cl-]. The molecular weight excluding hydrogens is 400 g/mol. The highest BCUT2D eigenvalue weighted by Gasteiger charge is 2.19. The van der Waals surface area contributed by atoms with Crippen molar-refractivity contribution < 1.29 is 21.8 Å². The molecule has 0 aliphatic rings. The van der Waals surface area contributed by atoms with Crippen molar-refractivity contribution >= 4 is 17.1 Å². The molecule has 3 aromatic heterocycles. The molecule has 0 bridgehead atoms. The van der Waals surface area contributed by atoms with Gasteiger partial charge < -0.3 is 17.0 Å². The van der Waals surface area contributed by atoms with Gasteiger partial charge in [-0.05, 0) is 43.0 Å². The van der Waals surface area contributed by atoms with Crippen molar-refractivity contribution in [1.29, 1.82) is 0 Å². The van der Waals surface area contributed by atoms with Crippen LogP contribution in [0, 0.1) is 13.8 Å². The summed E-state index contributed by atoms with van der Waals surface area (Å²) in [6, 6.07) is 20.5. The number of halogens is 1. The van der Waals surface area contributed by atoms with E-state index in [9.17, 15) is 4.79 Å². The minimum atomic E-state index is 0. The lowest BCUT2D eigenvalue weighted by Gasteiger charge is -2.08. The summed E-state index contributed by atoms with van der Waals surface area (Å²) in [7, 11) is 0. The van der Waals surface area contributed by atoms with E-state index in [-0.39, 0.29) is 18.2 Å². The zero-order valence-corrected chi connectivity index (χ0v) is 18.1. The lowest BCUT2D eigenvalue weighted by Crippen LogP contribution is -3.00. The molecule has 1 aromatic carbocycles. The summed E-state index contributed by atoms with van der Waals surface area (Å²) < 4.78 is 4.19. The first kappa shape index (κ1) is 21.0. The van der Waals surface area contributed by atoms with Crippen molar-refractivity contribution in [3.8, 4) is 11.1 Å². The molecule has 5 heteroatoms. The van der Waals surface area contributed by atoms with E-state index in [1.165, 1.54) is 4.88 Å². The molecule has 0 aliphatic heterocycles. The van der Waals surface area contributed by atoms with E-state index in [1.807, 2.05) is 54.2 Å². The van der Waals surface area contributed by atoms with Gasteiger partial charge in [0.2, 0.25) is 12.3 Å². The Morgan fingerprint density at radius 3 is 2.48 bits per heavy atom. The smallest absolute Gasteiger partial charge is 0.229 e. The summed E-state index contributed by atoms with van der Waals surface area (Å²) in [5, 5.41) is 2.09. The van der Waals surface area contributed by atoms with Gasteiger partial charge in [-0.15, -0.1) is 11.3 Å². The number of aryl methyl sites for hydroxylation is 1. The molecule has 0 amide bonds. The fraction of sp³-hybridized carbons (Fsp3) is 0.167. The van der Waals surface area contributed by atoms with Crippen LogP contribution in [0.1, 0.15) is 26.6 Å². The molecule has 29 heavy (non-hydrogen) atoms. The maximum Gasteiger partial charge on any atom is 0.229 e. The molecule has 0 spiro atoms. The van der Waals surface area contributed by atoms with Gasteiger partial charge in [-0.1, -0.05) is 36.4 Å². The number of ketones is 1. The number of rotatable bonds is 6. The van der Waals surface area contributed by atoms with Crippen molar-refractivity contribution in [1.82, 2.24) is 4.57 Å². The summed E-state index contributed by atoms with van der Waals surface area (Å²) in [6.45, 7) is 5.27. The topological polar surface area (TPSA) is 25.9 Å². The predicted octanol–water partition coefficient (Wildman–Crippen LogP) is 2.06. The van der Waals surface area contributed by atoms with E-state index in [0.29, 0.717) is 6.54 Å². The van der Waals surface area contributed by atoms with Crippen LogP contribution in [0.15, 0.2) is 78.4 Å². The highest BCUT2D eigenvalue weighted by molar-refractivity contribution is 7.09. The minimum Gasteiger partial charge on any atom is -1.00 e. The second kappa shape index (κ2) is 9.21. The van der Waals surface area contributed by atoms with Gasteiger partial charge in [0.1, 0.15) is 0 Å². The molecule has 0 radical (unpaired) electrons. The number of Topliss-reactive ketones (excluding diaryl/α,β-unsaturated/α-hetero) is 1. The number of hydrogen-bond donors (Lipinski definition) is 0. The Labute approximate surface area is 181 Å². The van der Waals surface area contributed by atoms with E-state index in [2.05, 4.69) is 47.2 Å². The molecular formula is C24H23ClN2OS. The number of benzene rings is 1. The van der Waals surface area contributed by atoms with Crippen molar-refractivity contribution in [2.45, 2.75) is 26.9 Å². The monoisotopic (exact) mass is 422 g/mol. The average Bonchev–Trinajstić information content (AvgIpc) is 3.33. The normalized spacial score (nSPS) is 10.6. The first-order chi connectivity index (χ1) is 13.6. The summed E-state index contributed by atoms with van der Waals surface area (Å²) in [5.74, 6) is 0.140. The van der Waals surface area contributed by atoms with Crippen LogP contribution in [0.2, 0.25) is 0 Å². The van der Waals surface area contributed by atoms with E-state index in [0.717, 1.165) is 34.6 Å². The van der Waals surface area contributed by atoms with Gasteiger partial charge in [0.25, 0.3) is 0 Å². The van der Waals surface area contributed by atoms with Crippen molar-refractivity contribution in [2.75, 3.05) is 0 Å². The van der Waals surface area contributed by atoms with Crippen LogP contribution in [0.5, 0.6) is 0 Å². The highest BCUT2D eigenvalue weighted by Crippen LogP contribution is 2.20. The van der Waals surface area contributed by atoms with Crippen LogP contribution in [-0.2, 0) is 13.1 Å². The lowest BCUT2D eigenvalue weighted by molar-refractivity contribution is -0.682. The molecule has 3 heterocycles. The third-order valence-corrected chi connectivity index (χ3v) is 5.92. The zero-order chi connectivity index (χ0) is 19.5. The first-order valence-electron chi connectivity index (χ1n) is 9.38. The third kappa shape index (κ3) is 4.66. The Hall–Kier alpha value is -2.69. The quantitative estimate of drug-likeness (QED) is 0.345. The highest BCUT2D eigenvalue weighted by atomic mass is 35.5. The minimum absolute atomic E-state index is 0. The molecule has 4 rings (SSSR count). The molecule has 4 aromatic rings. The maximum absolute atomic E-state index is 13.0. The molecule has 0 unspecified atom stereocenters. The van der Waals surface area contributed by atoms with Crippen molar-refractivity contribution in [3.63, 3.8) is 0 Å². The van der Waals surface area contributed by atoms with E-state index in [4.69, 9.17) is 0 Å². The molecule has 0 fully saturated rings. The maximum atomic E-state index is 13.0. The van der Waals surface area contributed by atoms with Crippen LogP contribution in [-0.4, -0.2) is 10.4 Å². The van der Waals surface area contributed by atoms with E-state index in [1.54, 1.807) is 11.3 Å². The van der Waals surface area contributed by atoms with Gasteiger partial charge in [0, 0.05) is 33.5 Å². The molecule has 0 saturated carbocycles. The summed E-state index contributed by atoms with van der Waals surface area (Å²) in [5.41, 5.74) is 5.23. The molecule has 0 aliphatic carbocycles. The lowest BCUT2D eigenvalue weighted by atomic mass is 10.1. The number of nitrogens with zero attached hydrogens (tertiary/aromatic N) is 2. The van der Waals surface area contributed by atoms with Crippen LogP contribution in [0.4, 0.5) is 0 Å². The molecule has 0 N–H and O–H groups in total. The number of hydrogen-bond acceptors (Lipinski definition) is 2. The number of aromatic nitrogens is 2. The Bertz CT molecular complexity index is 1100. The second-order valence-electron chi connectivity index (χ2n) is 7.00. The summed E-state index contributed by atoms with van der Waals surface area (Å²) in [6.07, 6.45) is 3.99. The predicted molar refractivity (Wildman–Crippen MR) is 114 cm³/mol. The van der Waals surface area contributed by atoms with Gasteiger partial charge in [0.05, 0.1) is 6.54 Å². The van der Waals surface area contributed by atoms with Gasteiger partial charge in [0.15, 0.2) is 12.4 Å². The number of thiophene rings is 1. The fourth-order valence-electron chi connectivity index (χ4n) is 3.56. The van der Waals surface area contributed by atoms with Crippen LogP contribution in [0.25, 0.3) is 11.1 Å². The van der Waals surface area contributed by atoms with E-state index < -0.39 is 0 Å². The van der Waals surface area contributed by atoms with Crippen LogP contribution >= 0.6 is 11.3 Å². The van der Waals surface area contributed by atoms with Gasteiger partial charge >= 0.3 is 0 Å². The van der Waals surface area contributed by atoms with Crippen molar-refractivity contribution in [2.24, 2.45) is 0 Å². The fourth-order valence-corrected chi connectivity index (χ4v) is 4.25. The number of carbonyl (C=O) groups excluding carboxylic acids is 1.